The molecule has 7 heteroatoms. The number of aromatic nitrogens is 2. The van der Waals surface area contributed by atoms with Gasteiger partial charge in [0, 0.05) is 18.2 Å². The first-order valence-corrected chi connectivity index (χ1v) is 6.57. The molecule has 112 valence electrons. The Morgan fingerprint density at radius 2 is 1.90 bits per heavy atom. The Kier molecular flexibility index (Phi) is 4.80. The molecule has 0 amide bonds. The molecule has 0 unspecified atom stereocenters. The van der Waals surface area contributed by atoms with Gasteiger partial charge in [0.25, 0.3) is 0 Å². The van der Waals surface area contributed by atoms with E-state index >= 15 is 0 Å². The first kappa shape index (κ1) is 15.7. The van der Waals surface area contributed by atoms with Crippen LogP contribution in [0.2, 0.25) is 5.15 Å². The number of nitrogens with zero attached hydrogens (tertiary/aromatic N) is 2. The van der Waals surface area contributed by atoms with Gasteiger partial charge in [0.15, 0.2) is 5.82 Å². The molecule has 3 nitrogen and oxygen atoms in total. The third kappa shape index (κ3) is 3.92. The van der Waals surface area contributed by atoms with Gasteiger partial charge in [0.05, 0.1) is 11.3 Å². The molecule has 21 heavy (non-hydrogen) atoms. The summed E-state index contributed by atoms with van der Waals surface area (Å²) < 4.78 is 44.3. The van der Waals surface area contributed by atoms with E-state index in [0.717, 1.165) is 6.07 Å². The summed E-state index contributed by atoms with van der Waals surface area (Å²) in [5, 5.41) is 0.0756. The average Bonchev–Trinajstić information content (AvgIpc) is 2.43. The largest absolute Gasteiger partial charge is 0.417 e. The summed E-state index contributed by atoms with van der Waals surface area (Å²) in [6.45, 7) is 2.34. The molecule has 1 aromatic heterocycles. The minimum atomic E-state index is -4.46. The highest BCUT2D eigenvalue weighted by Crippen LogP contribution is 2.36. The molecule has 2 rings (SSSR count). The van der Waals surface area contributed by atoms with E-state index in [0.29, 0.717) is 6.61 Å². The van der Waals surface area contributed by atoms with Crippen LogP contribution in [0.15, 0.2) is 30.3 Å². The monoisotopic (exact) mass is 316 g/mol. The zero-order chi connectivity index (χ0) is 15.5. The van der Waals surface area contributed by atoms with Crippen LogP contribution < -0.4 is 0 Å². The number of alkyl halides is 3. The second-order valence-corrected chi connectivity index (χ2v) is 4.56. The van der Waals surface area contributed by atoms with Crippen LogP contribution in [0.3, 0.4) is 0 Å². The van der Waals surface area contributed by atoms with Crippen LogP contribution in [0.25, 0.3) is 11.3 Å². The Bertz CT molecular complexity index is 632. The lowest BCUT2D eigenvalue weighted by Gasteiger charge is -2.13. The van der Waals surface area contributed by atoms with Crippen LogP contribution in [0.1, 0.15) is 18.3 Å². The summed E-state index contributed by atoms with van der Waals surface area (Å²) in [7, 11) is 0. The maximum atomic E-state index is 13.0. The Hall–Kier alpha value is -1.66. The van der Waals surface area contributed by atoms with Gasteiger partial charge in [0.1, 0.15) is 11.8 Å². The topological polar surface area (TPSA) is 35.0 Å². The summed E-state index contributed by atoms with van der Waals surface area (Å²) in [5.74, 6) is 0.247. The Balaban J connectivity index is 2.49. The minimum absolute atomic E-state index is 0.0351. The third-order valence-corrected chi connectivity index (χ3v) is 2.88. The highest BCUT2D eigenvalue weighted by molar-refractivity contribution is 6.29. The summed E-state index contributed by atoms with van der Waals surface area (Å²) in [5.41, 5.74) is -0.674. The van der Waals surface area contributed by atoms with E-state index in [4.69, 9.17) is 16.3 Å². The van der Waals surface area contributed by atoms with E-state index < -0.39 is 11.7 Å². The molecule has 0 N–H and O–H groups in total. The van der Waals surface area contributed by atoms with Crippen molar-refractivity contribution in [3.8, 4) is 11.3 Å². The Morgan fingerprint density at radius 1 is 1.19 bits per heavy atom. The second-order valence-electron chi connectivity index (χ2n) is 4.17. The minimum Gasteiger partial charge on any atom is -0.374 e. The number of benzene rings is 1. The van der Waals surface area contributed by atoms with E-state index in [9.17, 15) is 13.2 Å². The molecule has 0 saturated carbocycles. The number of hydrogen-bond acceptors (Lipinski definition) is 3. The highest BCUT2D eigenvalue weighted by atomic mass is 35.5. The standard InChI is InChI=1S/C14H12ClF3N2O/c1-2-21-8-13-19-11(7-12(15)20-13)9-5-3-4-6-10(9)14(16,17)18/h3-7H,2,8H2,1H3. The molecule has 0 saturated heterocycles. The molecule has 0 aliphatic carbocycles. The molecular weight excluding hydrogens is 305 g/mol. The lowest BCUT2D eigenvalue weighted by atomic mass is 10.0. The van der Waals surface area contributed by atoms with E-state index in [1.807, 2.05) is 0 Å². The van der Waals surface area contributed by atoms with Crippen LogP contribution in [0.4, 0.5) is 13.2 Å². The van der Waals surface area contributed by atoms with Crippen LogP contribution >= 0.6 is 11.6 Å². The predicted octanol–water partition coefficient (Wildman–Crippen LogP) is 4.35. The Morgan fingerprint density at radius 3 is 2.57 bits per heavy atom. The average molecular weight is 317 g/mol. The normalized spacial score (nSPS) is 11.7. The number of hydrogen-bond donors (Lipinski definition) is 0. The quantitative estimate of drug-likeness (QED) is 0.786. The van der Waals surface area contributed by atoms with Gasteiger partial charge in [-0.15, -0.1) is 0 Å². The van der Waals surface area contributed by atoms with Crippen molar-refractivity contribution in [2.45, 2.75) is 19.7 Å². The van der Waals surface area contributed by atoms with Gasteiger partial charge in [-0.1, -0.05) is 29.8 Å². The number of halogens is 4. The highest BCUT2D eigenvalue weighted by Gasteiger charge is 2.33. The molecule has 0 fully saturated rings. The van der Waals surface area contributed by atoms with E-state index in [1.54, 1.807) is 6.92 Å². The van der Waals surface area contributed by atoms with Crippen LogP contribution in [-0.4, -0.2) is 16.6 Å². The maximum Gasteiger partial charge on any atom is 0.417 e. The molecule has 0 spiro atoms. The van der Waals surface area contributed by atoms with Gasteiger partial charge in [0.2, 0.25) is 0 Å². The summed E-state index contributed by atoms with van der Waals surface area (Å²) in [6, 6.07) is 6.51. The molecule has 2 aromatic rings. The molecule has 0 bridgehead atoms. The molecule has 0 aliphatic heterocycles. The molecule has 0 radical (unpaired) electrons. The predicted molar refractivity (Wildman–Crippen MR) is 72.8 cm³/mol. The van der Waals surface area contributed by atoms with Crippen LogP contribution in [-0.2, 0) is 17.5 Å². The van der Waals surface area contributed by atoms with Crippen molar-refractivity contribution in [1.29, 1.82) is 0 Å². The summed E-state index contributed by atoms with van der Waals surface area (Å²) >= 11 is 5.86. The fraction of sp³-hybridized carbons (Fsp3) is 0.286. The summed E-state index contributed by atoms with van der Waals surface area (Å²) in [6.07, 6.45) is -4.46. The second kappa shape index (κ2) is 6.41. The van der Waals surface area contributed by atoms with Crippen molar-refractivity contribution in [2.24, 2.45) is 0 Å². The van der Waals surface area contributed by atoms with Crippen molar-refractivity contribution < 1.29 is 17.9 Å². The zero-order valence-corrected chi connectivity index (χ0v) is 11.9. The van der Waals surface area contributed by atoms with Gasteiger partial charge in [-0.3, -0.25) is 0 Å². The van der Waals surface area contributed by atoms with E-state index in [-0.39, 0.29) is 28.8 Å². The number of ether oxygens (including phenoxy) is 1. The van der Waals surface area contributed by atoms with Crippen molar-refractivity contribution in [2.75, 3.05) is 6.61 Å². The molecule has 1 heterocycles. The van der Waals surface area contributed by atoms with Crippen molar-refractivity contribution in [3.63, 3.8) is 0 Å². The molecule has 1 aromatic carbocycles. The molecule has 0 aliphatic rings. The smallest absolute Gasteiger partial charge is 0.374 e. The van der Waals surface area contributed by atoms with Gasteiger partial charge in [-0.25, -0.2) is 9.97 Å². The fourth-order valence-electron chi connectivity index (χ4n) is 1.81. The number of rotatable bonds is 4. The summed E-state index contributed by atoms with van der Waals surface area (Å²) in [4.78, 5) is 8.03. The van der Waals surface area contributed by atoms with Crippen LogP contribution in [0.5, 0.6) is 0 Å². The van der Waals surface area contributed by atoms with E-state index in [1.165, 1.54) is 24.3 Å². The third-order valence-electron chi connectivity index (χ3n) is 2.68. The molecule has 0 atom stereocenters. The first-order valence-electron chi connectivity index (χ1n) is 6.19. The van der Waals surface area contributed by atoms with Crippen molar-refractivity contribution in [3.05, 3.63) is 46.9 Å². The zero-order valence-electron chi connectivity index (χ0n) is 11.1. The van der Waals surface area contributed by atoms with Gasteiger partial charge in [-0.2, -0.15) is 13.2 Å². The van der Waals surface area contributed by atoms with Crippen LogP contribution in [0, 0.1) is 0 Å². The lowest BCUT2D eigenvalue weighted by Crippen LogP contribution is -2.08. The Labute approximate surface area is 124 Å². The first-order chi connectivity index (χ1) is 9.91. The lowest BCUT2D eigenvalue weighted by molar-refractivity contribution is -0.137. The maximum absolute atomic E-state index is 13.0. The SMILES string of the molecule is CCOCc1nc(Cl)cc(-c2ccccc2C(F)(F)F)n1. The van der Waals surface area contributed by atoms with Gasteiger partial charge >= 0.3 is 6.18 Å². The fourth-order valence-corrected chi connectivity index (χ4v) is 2.02. The van der Waals surface area contributed by atoms with Gasteiger partial charge in [-0.05, 0) is 13.0 Å². The van der Waals surface area contributed by atoms with Crippen molar-refractivity contribution >= 4 is 11.6 Å². The van der Waals surface area contributed by atoms with E-state index in [2.05, 4.69) is 9.97 Å². The van der Waals surface area contributed by atoms with Gasteiger partial charge < -0.3 is 4.74 Å². The van der Waals surface area contributed by atoms with Crippen molar-refractivity contribution in [1.82, 2.24) is 9.97 Å². The molecular formula is C14H12ClF3N2O.